The van der Waals surface area contributed by atoms with Gasteiger partial charge in [-0.05, 0) is 36.2 Å². The van der Waals surface area contributed by atoms with Crippen molar-refractivity contribution in [3.8, 4) is 22.6 Å². The Morgan fingerprint density at radius 3 is 2.43 bits per heavy atom. The molecule has 0 aliphatic carbocycles. The molecule has 30 heavy (non-hydrogen) atoms. The number of fused-ring (bicyclic) bond motifs is 1. The van der Waals surface area contributed by atoms with E-state index in [2.05, 4.69) is 19.6 Å². The molecule has 0 bridgehead atoms. The maximum atomic E-state index is 13.0. The molecule has 3 aromatic rings. The molecule has 0 atom stereocenters. The van der Waals surface area contributed by atoms with Crippen LogP contribution in [-0.4, -0.2) is 35.5 Å². The number of hydrogen-bond donors (Lipinski definition) is 0. The van der Waals surface area contributed by atoms with Gasteiger partial charge < -0.3 is 18.6 Å². The van der Waals surface area contributed by atoms with E-state index in [0.29, 0.717) is 41.2 Å². The number of methoxy groups -OCH3 is 2. The van der Waals surface area contributed by atoms with Crippen LogP contribution in [0.4, 0.5) is 0 Å². The Morgan fingerprint density at radius 1 is 0.967 bits per heavy atom. The summed E-state index contributed by atoms with van der Waals surface area (Å²) in [5, 5.41) is 0.916. The van der Waals surface area contributed by atoms with E-state index >= 15 is 0 Å². The molecule has 160 valence electrons. The first kappa shape index (κ1) is 22.1. The molecule has 0 fully saturated rings. The average molecular weight is 427 g/mol. The predicted molar refractivity (Wildman–Crippen MR) is 124 cm³/mol. The Balaban J connectivity index is 2.03. The third-order valence-electron chi connectivity index (χ3n) is 5.09. The molecular weight excluding hydrogens is 396 g/mol. The molecule has 5 nitrogen and oxygen atoms in total. The van der Waals surface area contributed by atoms with E-state index in [4.69, 9.17) is 18.6 Å². The molecule has 0 N–H and O–H groups in total. The number of benzene rings is 2. The first-order chi connectivity index (χ1) is 14.3. The van der Waals surface area contributed by atoms with Gasteiger partial charge in [0.2, 0.25) is 0 Å². The van der Waals surface area contributed by atoms with Crippen LogP contribution in [-0.2, 0) is 11.2 Å². The molecular formula is C24H30O5Si. The zero-order valence-electron chi connectivity index (χ0n) is 18.4. The van der Waals surface area contributed by atoms with Crippen LogP contribution in [0, 0.1) is 0 Å². The second-order valence-corrected chi connectivity index (χ2v) is 14.1. The summed E-state index contributed by atoms with van der Waals surface area (Å²) in [5.41, 5.74) is 2.32. The zero-order chi connectivity index (χ0) is 21.7. The van der Waals surface area contributed by atoms with E-state index in [-0.39, 0.29) is 5.63 Å². The van der Waals surface area contributed by atoms with Crippen LogP contribution in [0.5, 0.6) is 11.5 Å². The summed E-state index contributed by atoms with van der Waals surface area (Å²) in [4.78, 5) is 13.0. The van der Waals surface area contributed by atoms with Crippen LogP contribution in [0.15, 0.2) is 51.7 Å². The highest BCUT2D eigenvalue weighted by Crippen LogP contribution is 2.36. The van der Waals surface area contributed by atoms with Crippen molar-refractivity contribution in [2.75, 3.05) is 27.4 Å². The van der Waals surface area contributed by atoms with E-state index in [1.54, 1.807) is 20.3 Å². The fourth-order valence-corrected chi connectivity index (χ4v) is 4.16. The Morgan fingerprint density at radius 2 is 1.73 bits per heavy atom. The predicted octanol–water partition coefficient (Wildman–Crippen LogP) is 5.37. The third-order valence-corrected chi connectivity index (χ3v) is 6.80. The minimum Gasteiger partial charge on any atom is -0.497 e. The van der Waals surface area contributed by atoms with Gasteiger partial charge in [-0.3, -0.25) is 0 Å². The smallest absolute Gasteiger partial charge is 0.344 e. The molecule has 0 spiro atoms. The van der Waals surface area contributed by atoms with Gasteiger partial charge in [0.05, 0.1) is 26.4 Å². The average Bonchev–Trinajstić information content (AvgIpc) is 2.72. The minimum atomic E-state index is -1.14. The van der Waals surface area contributed by atoms with E-state index in [1.807, 2.05) is 36.4 Å². The largest absolute Gasteiger partial charge is 0.497 e. The van der Waals surface area contributed by atoms with E-state index in [0.717, 1.165) is 23.6 Å². The second kappa shape index (κ2) is 9.49. The summed E-state index contributed by atoms with van der Waals surface area (Å²) in [5.74, 6) is 1.23. The maximum Gasteiger partial charge on any atom is 0.344 e. The maximum absolute atomic E-state index is 13.0. The molecule has 6 heteroatoms. The highest BCUT2D eigenvalue weighted by molar-refractivity contribution is 6.76. The lowest BCUT2D eigenvalue weighted by atomic mass is 9.95. The highest BCUT2D eigenvalue weighted by Gasteiger charge is 2.20. The van der Waals surface area contributed by atoms with Gasteiger partial charge >= 0.3 is 5.63 Å². The fourth-order valence-electron chi connectivity index (χ4n) is 3.41. The van der Waals surface area contributed by atoms with Crippen molar-refractivity contribution in [1.29, 1.82) is 0 Å². The van der Waals surface area contributed by atoms with Gasteiger partial charge in [0.1, 0.15) is 17.1 Å². The van der Waals surface area contributed by atoms with Crippen molar-refractivity contribution in [2.24, 2.45) is 0 Å². The minimum absolute atomic E-state index is 0.380. The lowest BCUT2D eigenvalue weighted by Gasteiger charge is -2.17. The summed E-state index contributed by atoms with van der Waals surface area (Å²) in [6, 6.07) is 14.2. The monoisotopic (exact) mass is 426 g/mol. The van der Waals surface area contributed by atoms with Crippen LogP contribution in [0.3, 0.4) is 0 Å². The van der Waals surface area contributed by atoms with Crippen LogP contribution in [0.25, 0.3) is 22.1 Å². The standard InChI is InChI=1S/C24H30O5Si/c1-26-17-10-11-20(22(16-17)27-2)23-19(12-13-28-14-15-30(3,4)5)18-8-6-7-9-21(18)29-24(23)25/h6-11,16H,12-15H2,1-5H3. The molecule has 3 rings (SSSR count). The van der Waals surface area contributed by atoms with Gasteiger partial charge in [-0.1, -0.05) is 37.8 Å². The summed E-state index contributed by atoms with van der Waals surface area (Å²) >= 11 is 0. The van der Waals surface area contributed by atoms with Gasteiger partial charge in [0.15, 0.2) is 0 Å². The lowest BCUT2D eigenvalue weighted by Crippen LogP contribution is -2.22. The molecule has 2 aromatic carbocycles. The van der Waals surface area contributed by atoms with Crippen molar-refractivity contribution >= 4 is 19.0 Å². The third kappa shape index (κ3) is 5.12. The van der Waals surface area contributed by atoms with Crippen molar-refractivity contribution in [3.63, 3.8) is 0 Å². The van der Waals surface area contributed by atoms with Gasteiger partial charge in [0.25, 0.3) is 0 Å². The molecule has 1 aromatic heterocycles. The summed E-state index contributed by atoms with van der Waals surface area (Å²) < 4.78 is 22.4. The molecule has 1 heterocycles. The van der Waals surface area contributed by atoms with E-state index in [1.165, 1.54) is 0 Å². The summed E-state index contributed by atoms with van der Waals surface area (Å²) in [6.45, 7) is 8.29. The number of ether oxygens (including phenoxy) is 3. The quantitative estimate of drug-likeness (QED) is 0.261. The Labute approximate surface area is 178 Å². The zero-order valence-corrected chi connectivity index (χ0v) is 19.4. The molecule has 0 saturated heterocycles. The first-order valence-electron chi connectivity index (χ1n) is 10.2. The first-order valence-corrected chi connectivity index (χ1v) is 13.9. The van der Waals surface area contributed by atoms with Crippen LogP contribution in [0.1, 0.15) is 5.56 Å². The van der Waals surface area contributed by atoms with Gasteiger partial charge in [0, 0.05) is 31.7 Å². The van der Waals surface area contributed by atoms with E-state index < -0.39 is 8.07 Å². The molecule has 0 aliphatic rings. The molecule has 0 radical (unpaired) electrons. The van der Waals surface area contributed by atoms with Crippen molar-refractivity contribution in [2.45, 2.75) is 32.1 Å². The number of rotatable bonds is 9. The van der Waals surface area contributed by atoms with E-state index in [9.17, 15) is 4.79 Å². The molecule has 0 aliphatic heterocycles. The highest BCUT2D eigenvalue weighted by atomic mass is 28.3. The summed E-state index contributed by atoms with van der Waals surface area (Å²) in [6.07, 6.45) is 0.613. The Hall–Kier alpha value is -2.57. The number of hydrogen-bond acceptors (Lipinski definition) is 5. The van der Waals surface area contributed by atoms with Gasteiger partial charge in [-0.15, -0.1) is 0 Å². The van der Waals surface area contributed by atoms with Crippen LogP contribution < -0.4 is 15.1 Å². The van der Waals surface area contributed by atoms with Crippen molar-refractivity contribution < 1.29 is 18.6 Å². The second-order valence-electron chi connectivity index (χ2n) is 8.48. The topological polar surface area (TPSA) is 57.9 Å². The van der Waals surface area contributed by atoms with Gasteiger partial charge in [-0.2, -0.15) is 0 Å². The normalized spacial score (nSPS) is 11.6. The molecule has 0 saturated carbocycles. The van der Waals surface area contributed by atoms with Crippen molar-refractivity contribution in [1.82, 2.24) is 0 Å². The lowest BCUT2D eigenvalue weighted by molar-refractivity contribution is 0.150. The van der Waals surface area contributed by atoms with Gasteiger partial charge in [-0.25, -0.2) is 4.79 Å². The van der Waals surface area contributed by atoms with Crippen molar-refractivity contribution in [3.05, 3.63) is 58.4 Å². The number of para-hydroxylation sites is 1. The van der Waals surface area contributed by atoms with Crippen LogP contribution >= 0.6 is 0 Å². The van der Waals surface area contributed by atoms with Crippen LogP contribution in [0.2, 0.25) is 25.7 Å². The summed E-state index contributed by atoms with van der Waals surface area (Å²) in [7, 11) is 2.04. The Bertz CT molecular complexity index is 1070. The Kier molecular flexibility index (Phi) is 7.00. The SMILES string of the molecule is COc1ccc(-c2c(CCOCC[Si](C)(C)C)c3ccccc3oc2=O)c(OC)c1. The molecule has 0 amide bonds. The fraction of sp³-hybridized carbons (Fsp3) is 0.375. The molecule has 0 unspecified atom stereocenters.